The van der Waals surface area contributed by atoms with Crippen LogP contribution in [0.2, 0.25) is 0 Å². The summed E-state index contributed by atoms with van der Waals surface area (Å²) in [7, 11) is 0. The second-order valence-electron chi connectivity index (χ2n) is 5.79. The largest absolute Gasteiger partial charge is 0.469 e. The van der Waals surface area contributed by atoms with E-state index in [-0.39, 0.29) is 0 Å². The molecule has 0 N–H and O–H groups in total. The number of hydrogen-bond donors (Lipinski definition) is 0. The summed E-state index contributed by atoms with van der Waals surface area (Å²) in [6, 6.07) is 2.13. The fourth-order valence-electron chi connectivity index (χ4n) is 2.99. The van der Waals surface area contributed by atoms with Gasteiger partial charge in [-0.3, -0.25) is 0 Å². The predicted octanol–water partition coefficient (Wildman–Crippen LogP) is 3.30. The van der Waals surface area contributed by atoms with Gasteiger partial charge in [-0.2, -0.15) is 0 Å². The number of ether oxygens (including phenoxy) is 1. The van der Waals surface area contributed by atoms with Crippen LogP contribution in [0.25, 0.3) is 0 Å². The zero-order valence-electron chi connectivity index (χ0n) is 12.2. The Kier molecular flexibility index (Phi) is 3.81. The van der Waals surface area contributed by atoms with Crippen molar-refractivity contribution in [3.63, 3.8) is 0 Å². The van der Waals surface area contributed by atoms with E-state index >= 15 is 0 Å². The van der Waals surface area contributed by atoms with E-state index in [9.17, 15) is 0 Å². The molecular weight excluding hydrogens is 250 g/mol. The summed E-state index contributed by atoms with van der Waals surface area (Å²) in [4.78, 5) is 13.2. The van der Waals surface area contributed by atoms with Crippen molar-refractivity contribution in [3.05, 3.63) is 35.4 Å². The maximum absolute atomic E-state index is 5.91. The molecule has 1 aromatic rings. The van der Waals surface area contributed by atoms with Crippen molar-refractivity contribution in [1.82, 2.24) is 9.97 Å². The first-order valence-corrected chi connectivity index (χ1v) is 7.44. The van der Waals surface area contributed by atoms with Gasteiger partial charge in [0.15, 0.2) is 5.82 Å². The highest BCUT2D eigenvalue weighted by Gasteiger charge is 2.32. The van der Waals surface area contributed by atoms with Crippen molar-refractivity contribution in [2.24, 2.45) is 10.9 Å². The van der Waals surface area contributed by atoms with Crippen LogP contribution >= 0.6 is 0 Å². The smallest absolute Gasteiger partial charge is 0.212 e. The topological polar surface area (TPSA) is 47.4 Å². The van der Waals surface area contributed by atoms with Gasteiger partial charge in [0.1, 0.15) is 6.61 Å². The summed E-state index contributed by atoms with van der Waals surface area (Å²) >= 11 is 0. The minimum Gasteiger partial charge on any atom is -0.469 e. The highest BCUT2D eigenvalue weighted by atomic mass is 16.5. The maximum atomic E-state index is 5.91. The molecule has 20 heavy (non-hydrogen) atoms. The van der Waals surface area contributed by atoms with E-state index in [4.69, 9.17) is 9.73 Å². The van der Waals surface area contributed by atoms with Crippen LogP contribution in [0.1, 0.15) is 45.4 Å². The SMILES string of the molecule is CC(C)C1N=C(OCc2ncccn2)C2=C1CCCC2. The first-order chi connectivity index (χ1) is 9.75. The fraction of sp³-hybridized carbons (Fsp3) is 0.562. The first kappa shape index (κ1) is 13.3. The average molecular weight is 271 g/mol. The van der Waals surface area contributed by atoms with Crippen molar-refractivity contribution in [1.29, 1.82) is 0 Å². The lowest BCUT2D eigenvalue weighted by Crippen LogP contribution is -2.15. The molecule has 3 rings (SSSR count). The van der Waals surface area contributed by atoms with Gasteiger partial charge in [-0.05, 0) is 43.2 Å². The van der Waals surface area contributed by atoms with Gasteiger partial charge in [0.2, 0.25) is 5.90 Å². The summed E-state index contributed by atoms with van der Waals surface area (Å²) in [5.41, 5.74) is 2.86. The van der Waals surface area contributed by atoms with Crippen molar-refractivity contribution in [2.45, 2.75) is 52.2 Å². The van der Waals surface area contributed by atoms with Crippen LogP contribution in [0.15, 0.2) is 34.6 Å². The van der Waals surface area contributed by atoms with Gasteiger partial charge in [0.05, 0.1) is 6.04 Å². The Balaban J connectivity index is 1.75. The minimum absolute atomic E-state index is 0.317. The molecule has 1 atom stereocenters. The van der Waals surface area contributed by atoms with E-state index in [1.165, 1.54) is 30.4 Å². The molecule has 0 aromatic carbocycles. The molecule has 1 aliphatic carbocycles. The molecule has 0 amide bonds. The highest BCUT2D eigenvalue weighted by Crippen LogP contribution is 2.37. The molecule has 1 aliphatic heterocycles. The van der Waals surface area contributed by atoms with Crippen LogP contribution in [-0.2, 0) is 11.3 Å². The van der Waals surface area contributed by atoms with Crippen LogP contribution in [0, 0.1) is 5.92 Å². The first-order valence-electron chi connectivity index (χ1n) is 7.44. The summed E-state index contributed by atoms with van der Waals surface area (Å²) in [5.74, 6) is 2.08. The van der Waals surface area contributed by atoms with E-state index in [1.807, 2.05) is 6.07 Å². The zero-order valence-corrected chi connectivity index (χ0v) is 12.2. The van der Waals surface area contributed by atoms with E-state index < -0.39 is 0 Å². The highest BCUT2D eigenvalue weighted by molar-refractivity contribution is 5.97. The quantitative estimate of drug-likeness (QED) is 0.847. The standard InChI is InChI=1S/C16H21N3O/c1-11(2)15-12-6-3-4-7-13(12)16(19-15)20-10-14-17-8-5-9-18-14/h5,8-9,11,15H,3-4,6-7,10H2,1-2H3. The molecule has 2 aliphatic rings. The van der Waals surface area contributed by atoms with Gasteiger partial charge in [-0.25, -0.2) is 15.0 Å². The second kappa shape index (κ2) is 5.73. The number of hydrogen-bond acceptors (Lipinski definition) is 4. The van der Waals surface area contributed by atoms with Crippen LogP contribution in [0.4, 0.5) is 0 Å². The predicted molar refractivity (Wildman–Crippen MR) is 78.4 cm³/mol. The van der Waals surface area contributed by atoms with E-state index in [2.05, 4.69) is 23.8 Å². The Morgan fingerprint density at radius 1 is 1.20 bits per heavy atom. The normalized spacial score (nSPS) is 21.9. The Morgan fingerprint density at radius 3 is 2.70 bits per heavy atom. The Morgan fingerprint density at radius 2 is 1.95 bits per heavy atom. The molecule has 106 valence electrons. The van der Waals surface area contributed by atoms with E-state index in [1.54, 1.807) is 12.4 Å². The average Bonchev–Trinajstić information content (AvgIpc) is 2.85. The molecular formula is C16H21N3O. The van der Waals surface area contributed by atoms with Crippen LogP contribution in [0.5, 0.6) is 0 Å². The molecule has 0 spiro atoms. The number of aliphatic imine (C=N–C) groups is 1. The van der Waals surface area contributed by atoms with E-state index in [0.29, 0.717) is 24.4 Å². The molecule has 0 saturated carbocycles. The van der Waals surface area contributed by atoms with Crippen molar-refractivity contribution < 1.29 is 4.74 Å². The van der Waals surface area contributed by atoms with E-state index in [0.717, 1.165) is 12.3 Å². The second-order valence-corrected chi connectivity index (χ2v) is 5.79. The third-order valence-electron chi connectivity index (χ3n) is 3.97. The maximum Gasteiger partial charge on any atom is 0.212 e. The summed E-state index contributed by atoms with van der Waals surface area (Å²) in [6.07, 6.45) is 8.29. The number of aromatic nitrogens is 2. The molecule has 1 aromatic heterocycles. The van der Waals surface area contributed by atoms with Gasteiger partial charge < -0.3 is 4.74 Å². The lowest BCUT2D eigenvalue weighted by atomic mass is 9.86. The lowest BCUT2D eigenvalue weighted by Gasteiger charge is -2.20. The Hall–Kier alpha value is -1.71. The van der Waals surface area contributed by atoms with Gasteiger partial charge in [0, 0.05) is 18.0 Å². The number of rotatable bonds is 3. The molecule has 0 radical (unpaired) electrons. The monoisotopic (exact) mass is 271 g/mol. The van der Waals surface area contributed by atoms with Crippen LogP contribution < -0.4 is 0 Å². The molecule has 0 saturated heterocycles. The number of nitrogens with zero attached hydrogens (tertiary/aromatic N) is 3. The van der Waals surface area contributed by atoms with Gasteiger partial charge in [-0.15, -0.1) is 0 Å². The van der Waals surface area contributed by atoms with Crippen LogP contribution in [0.3, 0.4) is 0 Å². The summed E-state index contributed by atoms with van der Waals surface area (Å²) in [5, 5.41) is 0. The third kappa shape index (κ3) is 2.60. The molecule has 0 fully saturated rings. The fourth-order valence-corrected chi connectivity index (χ4v) is 2.99. The third-order valence-corrected chi connectivity index (χ3v) is 3.97. The molecule has 4 nitrogen and oxygen atoms in total. The Bertz CT molecular complexity index is 534. The van der Waals surface area contributed by atoms with Crippen molar-refractivity contribution >= 4 is 5.90 Å². The van der Waals surface area contributed by atoms with Gasteiger partial charge in [-0.1, -0.05) is 13.8 Å². The Labute approximate surface area is 120 Å². The van der Waals surface area contributed by atoms with Gasteiger partial charge in [0.25, 0.3) is 0 Å². The zero-order chi connectivity index (χ0) is 13.9. The molecule has 4 heteroatoms. The summed E-state index contributed by atoms with van der Waals surface area (Å²) in [6.45, 7) is 4.87. The summed E-state index contributed by atoms with van der Waals surface area (Å²) < 4.78 is 5.91. The minimum atomic E-state index is 0.317. The lowest BCUT2D eigenvalue weighted by molar-refractivity contribution is 0.280. The van der Waals surface area contributed by atoms with Gasteiger partial charge >= 0.3 is 0 Å². The van der Waals surface area contributed by atoms with Crippen molar-refractivity contribution in [3.8, 4) is 0 Å². The molecule has 0 bridgehead atoms. The van der Waals surface area contributed by atoms with Crippen LogP contribution in [-0.4, -0.2) is 21.9 Å². The molecule has 2 heterocycles. The molecule has 1 unspecified atom stereocenters. The van der Waals surface area contributed by atoms with Crippen molar-refractivity contribution in [2.75, 3.05) is 0 Å².